The lowest BCUT2D eigenvalue weighted by Crippen LogP contribution is -2.34. The molecule has 2 aliphatic rings. The monoisotopic (exact) mass is 251 g/mol. The van der Waals surface area contributed by atoms with Crippen LogP contribution in [0.5, 0.6) is 0 Å². The van der Waals surface area contributed by atoms with Crippen molar-refractivity contribution in [3.8, 4) is 0 Å². The fourth-order valence-corrected chi connectivity index (χ4v) is 3.05. The smallest absolute Gasteiger partial charge is 0.224 e. The predicted octanol–water partition coefficient (Wildman–Crippen LogP) is 2.86. The Labute approximate surface area is 107 Å². The Morgan fingerprint density at radius 3 is 2.71 bits per heavy atom. The van der Waals surface area contributed by atoms with E-state index in [0.29, 0.717) is 5.28 Å². The molecule has 4 heteroatoms. The maximum absolute atomic E-state index is 6.03. The Bertz CT molecular complexity index is 425. The molecule has 1 fully saturated rings. The molecule has 0 amide bonds. The van der Waals surface area contributed by atoms with Crippen LogP contribution in [0.15, 0.2) is 0 Å². The minimum Gasteiger partial charge on any atom is -0.356 e. The Morgan fingerprint density at radius 2 is 1.94 bits per heavy atom. The highest BCUT2D eigenvalue weighted by molar-refractivity contribution is 6.28. The molecule has 17 heavy (non-hydrogen) atoms. The van der Waals surface area contributed by atoms with Crippen LogP contribution < -0.4 is 4.90 Å². The molecule has 1 aliphatic carbocycles. The third-order valence-electron chi connectivity index (χ3n) is 3.97. The van der Waals surface area contributed by atoms with Crippen molar-refractivity contribution < 1.29 is 0 Å². The Balaban J connectivity index is 1.92. The molecule has 3 rings (SSSR count). The highest BCUT2D eigenvalue weighted by atomic mass is 35.5. The van der Waals surface area contributed by atoms with E-state index in [1.807, 2.05) is 0 Å². The standard InChI is InChI=1S/C13H18ClN3/c1-9-5-7-17(8-6-9)12-10-3-2-4-11(10)15-13(14)16-12/h9H,2-8H2,1H3. The number of anilines is 1. The molecule has 0 radical (unpaired) electrons. The van der Waals surface area contributed by atoms with Crippen molar-refractivity contribution >= 4 is 17.4 Å². The molecule has 1 aromatic heterocycles. The number of rotatable bonds is 1. The van der Waals surface area contributed by atoms with Crippen molar-refractivity contribution in [1.82, 2.24) is 9.97 Å². The van der Waals surface area contributed by atoms with Gasteiger partial charge in [-0.15, -0.1) is 0 Å². The molecule has 92 valence electrons. The van der Waals surface area contributed by atoms with Crippen LogP contribution in [-0.4, -0.2) is 23.1 Å². The molecule has 0 N–H and O–H groups in total. The van der Waals surface area contributed by atoms with Crippen molar-refractivity contribution in [2.24, 2.45) is 5.92 Å². The number of nitrogens with zero attached hydrogens (tertiary/aromatic N) is 3. The van der Waals surface area contributed by atoms with Gasteiger partial charge in [0.2, 0.25) is 5.28 Å². The summed E-state index contributed by atoms with van der Waals surface area (Å²) in [6, 6.07) is 0. The van der Waals surface area contributed by atoms with Gasteiger partial charge in [0.25, 0.3) is 0 Å². The van der Waals surface area contributed by atoms with E-state index in [1.54, 1.807) is 0 Å². The van der Waals surface area contributed by atoms with E-state index in [1.165, 1.54) is 30.5 Å². The summed E-state index contributed by atoms with van der Waals surface area (Å²) in [5.41, 5.74) is 2.53. The molecular formula is C13H18ClN3. The van der Waals surface area contributed by atoms with Crippen LogP contribution in [-0.2, 0) is 12.8 Å². The first kappa shape index (κ1) is 11.3. The number of piperidine rings is 1. The van der Waals surface area contributed by atoms with Gasteiger partial charge in [0.05, 0.1) is 5.69 Å². The summed E-state index contributed by atoms with van der Waals surface area (Å²) in [6.07, 6.45) is 5.90. The third kappa shape index (κ3) is 2.13. The van der Waals surface area contributed by atoms with Gasteiger partial charge in [0.15, 0.2) is 0 Å². The summed E-state index contributed by atoms with van der Waals surface area (Å²) in [5.74, 6) is 1.96. The molecular weight excluding hydrogens is 234 g/mol. The molecule has 0 bridgehead atoms. The van der Waals surface area contributed by atoms with Crippen LogP contribution in [0.3, 0.4) is 0 Å². The third-order valence-corrected chi connectivity index (χ3v) is 4.14. The Hall–Kier alpha value is -0.830. The summed E-state index contributed by atoms with van der Waals surface area (Å²) in [4.78, 5) is 11.2. The normalized spacial score (nSPS) is 20.7. The van der Waals surface area contributed by atoms with Crippen LogP contribution >= 0.6 is 11.6 Å². The highest BCUT2D eigenvalue weighted by Gasteiger charge is 2.24. The maximum atomic E-state index is 6.03. The molecule has 0 unspecified atom stereocenters. The van der Waals surface area contributed by atoms with Crippen molar-refractivity contribution in [3.63, 3.8) is 0 Å². The first-order valence-corrected chi connectivity index (χ1v) is 6.92. The lowest BCUT2D eigenvalue weighted by atomic mass is 9.99. The van der Waals surface area contributed by atoms with E-state index < -0.39 is 0 Å². The van der Waals surface area contributed by atoms with E-state index in [-0.39, 0.29) is 0 Å². The van der Waals surface area contributed by atoms with Crippen molar-refractivity contribution in [3.05, 3.63) is 16.5 Å². The van der Waals surface area contributed by atoms with E-state index in [2.05, 4.69) is 21.8 Å². The van der Waals surface area contributed by atoms with Gasteiger partial charge in [-0.25, -0.2) is 9.97 Å². The van der Waals surface area contributed by atoms with Crippen molar-refractivity contribution in [1.29, 1.82) is 0 Å². The number of aryl methyl sites for hydroxylation is 1. The van der Waals surface area contributed by atoms with Crippen LogP contribution in [0, 0.1) is 5.92 Å². The SMILES string of the molecule is CC1CCN(c2nc(Cl)nc3c2CCC3)CC1. The Kier molecular flexibility index (Phi) is 2.95. The maximum Gasteiger partial charge on any atom is 0.224 e. The van der Waals surface area contributed by atoms with Crippen LogP contribution in [0.2, 0.25) is 5.28 Å². The zero-order valence-electron chi connectivity index (χ0n) is 10.2. The lowest BCUT2D eigenvalue weighted by molar-refractivity contribution is 0.436. The summed E-state index contributed by atoms with van der Waals surface area (Å²) in [5, 5.41) is 0.416. The van der Waals surface area contributed by atoms with Crippen molar-refractivity contribution in [2.75, 3.05) is 18.0 Å². The fraction of sp³-hybridized carbons (Fsp3) is 0.692. The fourth-order valence-electron chi connectivity index (χ4n) is 2.87. The van der Waals surface area contributed by atoms with Gasteiger partial charge in [-0.2, -0.15) is 0 Å². The molecule has 2 heterocycles. The Morgan fingerprint density at radius 1 is 1.18 bits per heavy atom. The number of hydrogen-bond donors (Lipinski definition) is 0. The van der Waals surface area contributed by atoms with Gasteiger partial charge in [-0.05, 0) is 49.6 Å². The average Bonchev–Trinajstić information content (AvgIpc) is 2.77. The minimum absolute atomic E-state index is 0.416. The molecule has 0 spiro atoms. The van der Waals surface area contributed by atoms with Crippen LogP contribution in [0.4, 0.5) is 5.82 Å². The number of aromatic nitrogens is 2. The molecule has 1 saturated heterocycles. The summed E-state index contributed by atoms with van der Waals surface area (Å²) in [6.45, 7) is 4.55. The van der Waals surface area contributed by atoms with Gasteiger partial charge in [-0.3, -0.25) is 0 Å². The summed E-state index contributed by atoms with van der Waals surface area (Å²) >= 11 is 6.03. The second-order valence-electron chi connectivity index (χ2n) is 5.26. The molecule has 0 saturated carbocycles. The highest BCUT2D eigenvalue weighted by Crippen LogP contribution is 2.32. The first-order valence-electron chi connectivity index (χ1n) is 6.54. The predicted molar refractivity (Wildman–Crippen MR) is 69.7 cm³/mol. The van der Waals surface area contributed by atoms with E-state index >= 15 is 0 Å². The molecule has 0 aromatic carbocycles. The van der Waals surface area contributed by atoms with Gasteiger partial charge >= 0.3 is 0 Å². The van der Waals surface area contributed by atoms with E-state index in [0.717, 1.165) is 37.7 Å². The summed E-state index contributed by atoms with van der Waals surface area (Å²) < 4.78 is 0. The second kappa shape index (κ2) is 4.45. The average molecular weight is 252 g/mol. The quantitative estimate of drug-likeness (QED) is 0.719. The van der Waals surface area contributed by atoms with Crippen LogP contribution in [0.1, 0.15) is 37.4 Å². The first-order chi connectivity index (χ1) is 8.24. The number of fused-ring (bicyclic) bond motifs is 1. The summed E-state index contributed by atoms with van der Waals surface area (Å²) in [7, 11) is 0. The second-order valence-corrected chi connectivity index (χ2v) is 5.60. The molecule has 1 aromatic rings. The molecule has 0 atom stereocenters. The van der Waals surface area contributed by atoms with Gasteiger partial charge in [0, 0.05) is 18.7 Å². The number of hydrogen-bond acceptors (Lipinski definition) is 3. The minimum atomic E-state index is 0.416. The van der Waals surface area contributed by atoms with Crippen molar-refractivity contribution in [2.45, 2.75) is 39.0 Å². The van der Waals surface area contributed by atoms with Gasteiger partial charge < -0.3 is 4.90 Å². The molecule has 1 aliphatic heterocycles. The zero-order chi connectivity index (χ0) is 11.8. The zero-order valence-corrected chi connectivity index (χ0v) is 11.0. The van der Waals surface area contributed by atoms with E-state index in [4.69, 9.17) is 11.6 Å². The largest absolute Gasteiger partial charge is 0.356 e. The van der Waals surface area contributed by atoms with Gasteiger partial charge in [0.1, 0.15) is 5.82 Å². The topological polar surface area (TPSA) is 29.0 Å². The lowest BCUT2D eigenvalue weighted by Gasteiger charge is -2.32. The van der Waals surface area contributed by atoms with Gasteiger partial charge in [-0.1, -0.05) is 6.92 Å². The number of halogens is 1. The molecule has 3 nitrogen and oxygen atoms in total. The van der Waals surface area contributed by atoms with Crippen LogP contribution in [0.25, 0.3) is 0 Å². The van der Waals surface area contributed by atoms with E-state index in [9.17, 15) is 0 Å².